The normalized spacial score (nSPS) is 15.7. The quantitative estimate of drug-likeness (QED) is 0.660. The van der Waals surface area contributed by atoms with Gasteiger partial charge in [0.15, 0.2) is 21.6 Å². The van der Waals surface area contributed by atoms with Gasteiger partial charge in [-0.2, -0.15) is 5.10 Å². The van der Waals surface area contributed by atoms with Crippen LogP contribution in [0.1, 0.15) is 6.42 Å². The Morgan fingerprint density at radius 3 is 2.83 bits per heavy atom. The molecule has 0 atom stereocenters. The van der Waals surface area contributed by atoms with E-state index in [4.69, 9.17) is 0 Å². The number of thiazole rings is 1. The van der Waals surface area contributed by atoms with Crippen molar-refractivity contribution in [1.29, 1.82) is 0 Å². The summed E-state index contributed by atoms with van der Waals surface area (Å²) >= 11 is 3.32. The van der Waals surface area contributed by atoms with Crippen LogP contribution >= 0.6 is 23.1 Å². The summed E-state index contributed by atoms with van der Waals surface area (Å²) in [4.78, 5) is 18.0. The maximum atomic E-state index is 4.55. The van der Waals surface area contributed by atoms with Gasteiger partial charge in [-0.15, -0.1) is 16.4 Å². The second-order valence-corrected chi connectivity index (χ2v) is 7.50. The van der Waals surface area contributed by atoms with Crippen LogP contribution in [0.4, 0.5) is 11.6 Å². The van der Waals surface area contributed by atoms with Crippen molar-refractivity contribution in [1.82, 2.24) is 25.1 Å². The Balaban J connectivity index is 1.58. The molecule has 0 bridgehead atoms. The van der Waals surface area contributed by atoms with Crippen LogP contribution in [-0.2, 0) is 0 Å². The lowest BCUT2D eigenvalue weighted by Crippen LogP contribution is -2.31. The molecule has 1 aliphatic rings. The second-order valence-electron chi connectivity index (χ2n) is 5.44. The molecule has 0 saturated carbocycles. The Labute approximate surface area is 148 Å². The molecule has 4 rings (SSSR count). The van der Waals surface area contributed by atoms with Crippen molar-refractivity contribution in [3.63, 3.8) is 0 Å². The first-order valence-electron chi connectivity index (χ1n) is 7.78. The zero-order valence-corrected chi connectivity index (χ0v) is 14.9. The fraction of sp³-hybridized carbons (Fsp3) is 0.400. The highest BCUT2D eigenvalue weighted by molar-refractivity contribution is 8.00. The largest absolute Gasteiger partial charge is 0.353 e. The average Bonchev–Trinajstić information content (AvgIpc) is 2.91. The lowest BCUT2D eigenvalue weighted by atomic mass is 10.3. The van der Waals surface area contributed by atoms with Crippen LogP contribution < -0.4 is 9.80 Å². The Morgan fingerprint density at radius 2 is 2.00 bits per heavy atom. The summed E-state index contributed by atoms with van der Waals surface area (Å²) in [5.41, 5.74) is 0.796. The Bertz CT molecular complexity index is 823. The van der Waals surface area contributed by atoms with Gasteiger partial charge in [0, 0.05) is 32.4 Å². The van der Waals surface area contributed by atoms with E-state index in [0.717, 1.165) is 58.9 Å². The summed E-state index contributed by atoms with van der Waals surface area (Å²) in [5, 5.41) is 8.21. The van der Waals surface area contributed by atoms with E-state index in [1.807, 2.05) is 18.4 Å². The van der Waals surface area contributed by atoms with E-state index in [1.54, 1.807) is 35.6 Å². The van der Waals surface area contributed by atoms with E-state index < -0.39 is 0 Å². The van der Waals surface area contributed by atoms with Gasteiger partial charge in [-0.3, -0.25) is 0 Å². The predicted octanol–water partition coefficient (Wildman–Crippen LogP) is 2.31. The molecule has 124 valence electrons. The molecule has 0 spiro atoms. The molecule has 0 radical (unpaired) electrons. The molecule has 9 heteroatoms. The smallest absolute Gasteiger partial charge is 0.176 e. The van der Waals surface area contributed by atoms with E-state index in [0.29, 0.717) is 0 Å². The number of hydrogen-bond donors (Lipinski definition) is 0. The summed E-state index contributed by atoms with van der Waals surface area (Å²) < 4.78 is 2.11. The highest BCUT2D eigenvalue weighted by atomic mass is 32.2. The molecule has 0 aromatic carbocycles. The molecule has 0 amide bonds. The summed E-state index contributed by atoms with van der Waals surface area (Å²) in [6, 6.07) is 3.94. The third-order valence-corrected chi connectivity index (χ3v) is 6.03. The summed E-state index contributed by atoms with van der Waals surface area (Å²) in [5.74, 6) is 1.94. The number of anilines is 2. The van der Waals surface area contributed by atoms with Gasteiger partial charge < -0.3 is 9.80 Å². The lowest BCUT2D eigenvalue weighted by molar-refractivity contribution is 0.785. The molecule has 4 heterocycles. The minimum Gasteiger partial charge on any atom is -0.353 e. The number of nitrogens with zero attached hydrogens (tertiary/aromatic N) is 7. The Kier molecular flexibility index (Phi) is 4.44. The zero-order chi connectivity index (χ0) is 16.4. The van der Waals surface area contributed by atoms with E-state index in [1.165, 1.54) is 0 Å². The topological polar surface area (TPSA) is 70.9 Å². The highest BCUT2D eigenvalue weighted by Crippen LogP contribution is 2.33. The number of thioether (sulfide) groups is 1. The fourth-order valence-corrected chi connectivity index (χ4v) is 4.39. The lowest BCUT2D eigenvalue weighted by Gasteiger charge is -2.23. The monoisotopic (exact) mass is 359 g/mol. The highest BCUT2D eigenvalue weighted by Gasteiger charge is 2.20. The van der Waals surface area contributed by atoms with Crippen LogP contribution in [0.5, 0.6) is 0 Å². The van der Waals surface area contributed by atoms with Gasteiger partial charge in [0.1, 0.15) is 11.0 Å². The van der Waals surface area contributed by atoms with Crippen molar-refractivity contribution < 1.29 is 0 Å². The van der Waals surface area contributed by atoms with Gasteiger partial charge in [-0.1, -0.05) is 11.8 Å². The molecular weight excluding hydrogens is 342 g/mol. The van der Waals surface area contributed by atoms with Gasteiger partial charge in [0.05, 0.1) is 0 Å². The molecule has 3 aromatic rings. The molecule has 0 unspecified atom stereocenters. The third kappa shape index (κ3) is 3.01. The fourth-order valence-electron chi connectivity index (χ4n) is 2.86. The van der Waals surface area contributed by atoms with Crippen LogP contribution in [-0.4, -0.2) is 57.6 Å². The second kappa shape index (κ2) is 6.86. The van der Waals surface area contributed by atoms with Gasteiger partial charge in [-0.25, -0.2) is 15.0 Å². The van der Waals surface area contributed by atoms with Gasteiger partial charge in [-0.05, 0) is 24.8 Å². The molecule has 3 aromatic heterocycles. The van der Waals surface area contributed by atoms with Gasteiger partial charge >= 0.3 is 0 Å². The number of hydrogen-bond acceptors (Lipinski definition) is 9. The molecule has 1 fully saturated rings. The molecule has 1 aliphatic heterocycles. The average molecular weight is 359 g/mol. The van der Waals surface area contributed by atoms with Crippen LogP contribution in [0.25, 0.3) is 10.3 Å². The summed E-state index contributed by atoms with van der Waals surface area (Å²) in [6.45, 7) is 3.74. The van der Waals surface area contributed by atoms with E-state index in [9.17, 15) is 0 Å². The number of rotatable bonds is 3. The van der Waals surface area contributed by atoms with Crippen LogP contribution in [0, 0.1) is 0 Å². The number of fused-ring (bicyclic) bond motifs is 1. The SMILES string of the molecule is CSc1nc2ncnc(N3CCCN(c4cccnn4)CC3)c2s1. The maximum Gasteiger partial charge on any atom is 0.176 e. The predicted molar refractivity (Wildman–Crippen MR) is 98.1 cm³/mol. The van der Waals surface area contributed by atoms with Crippen molar-refractivity contribution in [2.75, 3.05) is 42.2 Å². The molecule has 0 aliphatic carbocycles. The molecule has 0 N–H and O–H groups in total. The van der Waals surface area contributed by atoms with E-state index in [-0.39, 0.29) is 0 Å². The molecule has 24 heavy (non-hydrogen) atoms. The van der Waals surface area contributed by atoms with Crippen molar-refractivity contribution in [3.8, 4) is 0 Å². The minimum atomic E-state index is 0.796. The van der Waals surface area contributed by atoms with Crippen LogP contribution in [0.15, 0.2) is 29.0 Å². The molecule has 7 nitrogen and oxygen atoms in total. The third-order valence-electron chi connectivity index (χ3n) is 4.01. The summed E-state index contributed by atoms with van der Waals surface area (Å²) in [7, 11) is 0. The van der Waals surface area contributed by atoms with Crippen LogP contribution in [0.2, 0.25) is 0 Å². The number of aromatic nitrogens is 5. The van der Waals surface area contributed by atoms with Gasteiger partial charge in [0.2, 0.25) is 0 Å². The van der Waals surface area contributed by atoms with E-state index >= 15 is 0 Å². The first-order chi connectivity index (χ1) is 11.8. The zero-order valence-electron chi connectivity index (χ0n) is 13.3. The van der Waals surface area contributed by atoms with E-state index in [2.05, 4.69) is 34.9 Å². The van der Waals surface area contributed by atoms with Gasteiger partial charge in [0.25, 0.3) is 0 Å². The van der Waals surface area contributed by atoms with Crippen molar-refractivity contribution in [2.24, 2.45) is 0 Å². The van der Waals surface area contributed by atoms with Crippen LogP contribution in [0.3, 0.4) is 0 Å². The Morgan fingerprint density at radius 1 is 1.12 bits per heavy atom. The first-order valence-corrected chi connectivity index (χ1v) is 9.82. The standard InChI is InChI=1S/C15H17N7S2/c1-23-15-19-13-12(24-15)14(17-10-16-13)22-7-3-6-21(8-9-22)11-4-2-5-18-20-11/h2,4-5,10H,3,6-9H2,1H3. The first kappa shape index (κ1) is 15.5. The summed E-state index contributed by atoms with van der Waals surface area (Å²) in [6.07, 6.45) is 6.41. The van der Waals surface area contributed by atoms with Crippen molar-refractivity contribution in [2.45, 2.75) is 10.8 Å². The van der Waals surface area contributed by atoms with Crippen molar-refractivity contribution in [3.05, 3.63) is 24.7 Å². The molecular formula is C15H17N7S2. The maximum absolute atomic E-state index is 4.55. The van der Waals surface area contributed by atoms with Crippen molar-refractivity contribution >= 4 is 45.1 Å². The minimum absolute atomic E-state index is 0.796. The Hall–Kier alpha value is -2.00. The molecule has 1 saturated heterocycles.